The molecule has 13 heteroatoms. The maximum absolute atomic E-state index is 14.3. The Morgan fingerprint density at radius 3 is 2.63 bits per heavy atom. The number of nitrogens with zero attached hydrogens (tertiary/aromatic N) is 2. The van der Waals surface area contributed by atoms with Crippen molar-refractivity contribution in [1.82, 2.24) is 9.97 Å². The van der Waals surface area contributed by atoms with E-state index in [-0.39, 0.29) is 46.3 Å². The summed E-state index contributed by atoms with van der Waals surface area (Å²) in [6.45, 7) is 0. The number of alkyl halides is 3. The van der Waals surface area contributed by atoms with Crippen LogP contribution in [0.25, 0.3) is 16.7 Å². The summed E-state index contributed by atoms with van der Waals surface area (Å²) in [6.07, 6.45) is -0.590. The first-order valence-electron chi connectivity index (χ1n) is 11.4. The molecule has 0 fully saturated rings. The number of hydrogen-bond donors (Lipinski definition) is 3. The highest BCUT2D eigenvalue weighted by atomic mass is 35.5. The van der Waals surface area contributed by atoms with Gasteiger partial charge in [0.05, 0.1) is 18.2 Å². The lowest BCUT2D eigenvalue weighted by Gasteiger charge is -2.25. The number of aliphatic carboxylic acids is 1. The molecule has 0 spiro atoms. The zero-order valence-electron chi connectivity index (χ0n) is 19.8. The standard InChI is InChI=1S/C25H24ClF3N4O4.ClH/c26-16-5-6-17(18(10-16)15-7-8-36-12-15)22(25(27,28)29)37-21-11-20(32-24(31)33-21)14-3-1-13(2-4-14)9-19(30)23(34)35;/h3,5-8,10-13,19,22H,1-2,4,9,30H2,(H,34,35)(H2,31,32,33);1H/t13?,19-,22+;/m0./s1. The number of ether oxygens (including phenoxy) is 1. The number of nitrogen functional groups attached to an aromatic ring is 1. The number of halogens is 5. The van der Waals surface area contributed by atoms with E-state index in [2.05, 4.69) is 9.97 Å². The maximum Gasteiger partial charge on any atom is 0.429 e. The Kier molecular flexibility index (Phi) is 9.29. The topological polar surface area (TPSA) is 137 Å². The quantitative estimate of drug-likeness (QED) is 0.296. The first kappa shape index (κ1) is 29.3. The van der Waals surface area contributed by atoms with Crippen molar-refractivity contribution < 1.29 is 32.2 Å². The van der Waals surface area contributed by atoms with Crippen LogP contribution >= 0.6 is 24.0 Å². The van der Waals surface area contributed by atoms with Gasteiger partial charge in [-0.3, -0.25) is 4.79 Å². The van der Waals surface area contributed by atoms with Gasteiger partial charge in [0.15, 0.2) is 0 Å². The highest BCUT2D eigenvalue weighted by Gasteiger charge is 2.45. The predicted molar refractivity (Wildman–Crippen MR) is 138 cm³/mol. The van der Waals surface area contributed by atoms with E-state index in [1.54, 1.807) is 0 Å². The summed E-state index contributed by atoms with van der Waals surface area (Å²) < 4.78 is 53.2. The van der Waals surface area contributed by atoms with Gasteiger partial charge in [0.25, 0.3) is 0 Å². The Balaban J connectivity index is 0.00000400. The zero-order chi connectivity index (χ0) is 26.7. The molecule has 0 saturated carbocycles. The van der Waals surface area contributed by atoms with Gasteiger partial charge in [-0.1, -0.05) is 23.7 Å². The van der Waals surface area contributed by atoms with Crippen LogP contribution in [0, 0.1) is 5.92 Å². The fraction of sp³-hybridized carbons (Fsp3) is 0.320. The largest absolute Gasteiger partial charge is 0.480 e. The number of aromatic nitrogens is 2. The van der Waals surface area contributed by atoms with Crippen molar-refractivity contribution >= 4 is 41.5 Å². The molecule has 204 valence electrons. The summed E-state index contributed by atoms with van der Waals surface area (Å²) in [5.74, 6) is -1.56. The molecule has 3 aromatic rings. The van der Waals surface area contributed by atoms with Crippen LogP contribution in [0.5, 0.6) is 5.88 Å². The summed E-state index contributed by atoms with van der Waals surface area (Å²) >= 11 is 6.06. The molecule has 0 bridgehead atoms. The van der Waals surface area contributed by atoms with E-state index in [1.165, 1.54) is 42.9 Å². The van der Waals surface area contributed by atoms with Crippen molar-refractivity contribution in [3.8, 4) is 17.0 Å². The first-order valence-corrected chi connectivity index (χ1v) is 11.8. The molecule has 4 rings (SSSR count). The van der Waals surface area contributed by atoms with Gasteiger partial charge in [0, 0.05) is 22.2 Å². The molecular formula is C25H25Cl2F3N4O4. The van der Waals surface area contributed by atoms with Crippen molar-refractivity contribution in [1.29, 1.82) is 0 Å². The number of carboxylic acid groups (broad SMARTS) is 1. The minimum absolute atomic E-state index is 0. The molecule has 2 heterocycles. The lowest BCUT2D eigenvalue weighted by Crippen LogP contribution is -2.32. The maximum atomic E-state index is 14.3. The molecule has 0 saturated heterocycles. The van der Waals surface area contributed by atoms with Gasteiger partial charge in [-0.05, 0) is 60.9 Å². The van der Waals surface area contributed by atoms with Gasteiger partial charge in [-0.15, -0.1) is 12.4 Å². The highest BCUT2D eigenvalue weighted by molar-refractivity contribution is 6.30. The molecule has 0 radical (unpaired) electrons. The number of hydrogen-bond acceptors (Lipinski definition) is 7. The average molecular weight is 573 g/mol. The Morgan fingerprint density at radius 2 is 2.03 bits per heavy atom. The van der Waals surface area contributed by atoms with E-state index in [0.29, 0.717) is 36.9 Å². The number of furan rings is 1. The van der Waals surface area contributed by atoms with E-state index in [9.17, 15) is 18.0 Å². The van der Waals surface area contributed by atoms with Gasteiger partial charge in [-0.25, -0.2) is 4.98 Å². The van der Waals surface area contributed by atoms with E-state index in [1.807, 2.05) is 6.08 Å². The summed E-state index contributed by atoms with van der Waals surface area (Å²) in [6, 6.07) is 5.90. The van der Waals surface area contributed by atoms with Gasteiger partial charge >= 0.3 is 12.1 Å². The smallest absolute Gasteiger partial charge is 0.429 e. The van der Waals surface area contributed by atoms with Crippen molar-refractivity contribution in [2.24, 2.45) is 11.7 Å². The second-order valence-corrected chi connectivity index (χ2v) is 9.22. The summed E-state index contributed by atoms with van der Waals surface area (Å²) in [5.41, 5.74) is 13.0. The third-order valence-corrected chi connectivity index (χ3v) is 6.37. The van der Waals surface area contributed by atoms with Crippen molar-refractivity contribution in [2.45, 2.75) is 44.0 Å². The van der Waals surface area contributed by atoms with Gasteiger partial charge in [0.1, 0.15) is 6.04 Å². The van der Waals surface area contributed by atoms with Gasteiger partial charge < -0.3 is 25.7 Å². The van der Waals surface area contributed by atoms with Crippen molar-refractivity contribution in [3.63, 3.8) is 0 Å². The fourth-order valence-electron chi connectivity index (χ4n) is 4.32. The molecule has 2 aromatic heterocycles. The van der Waals surface area contributed by atoms with Crippen LogP contribution in [-0.4, -0.2) is 33.3 Å². The molecule has 8 nitrogen and oxygen atoms in total. The number of benzene rings is 1. The third-order valence-electron chi connectivity index (χ3n) is 6.14. The minimum atomic E-state index is -4.80. The second kappa shape index (κ2) is 12.1. The minimum Gasteiger partial charge on any atom is -0.480 e. The van der Waals surface area contributed by atoms with Crippen LogP contribution < -0.4 is 16.2 Å². The molecule has 1 aromatic carbocycles. The van der Waals surface area contributed by atoms with Crippen LogP contribution in [0.4, 0.5) is 19.1 Å². The SMILES string of the molecule is Cl.Nc1nc(O[C@H](c2ccc(Cl)cc2-c2ccoc2)C(F)(F)F)cc(C2=CCC(C[C@H](N)C(=O)O)CC2)n1. The Bertz CT molecular complexity index is 1300. The van der Waals surface area contributed by atoms with E-state index in [4.69, 9.17) is 37.3 Å². The predicted octanol–water partition coefficient (Wildman–Crippen LogP) is 6.06. The number of rotatable bonds is 8. The monoisotopic (exact) mass is 572 g/mol. The van der Waals surface area contributed by atoms with Crippen LogP contribution in [0.2, 0.25) is 5.02 Å². The highest BCUT2D eigenvalue weighted by Crippen LogP contribution is 2.42. The number of allylic oxidation sites excluding steroid dienone is 2. The molecule has 0 amide bonds. The summed E-state index contributed by atoms with van der Waals surface area (Å²) in [4.78, 5) is 19.1. The van der Waals surface area contributed by atoms with Crippen LogP contribution in [0.3, 0.4) is 0 Å². The number of carbonyl (C=O) groups is 1. The van der Waals surface area contributed by atoms with Crippen molar-refractivity contribution in [2.75, 3.05) is 5.73 Å². The lowest BCUT2D eigenvalue weighted by atomic mass is 9.84. The number of nitrogens with two attached hydrogens (primary N) is 2. The van der Waals surface area contributed by atoms with Crippen LogP contribution in [0.1, 0.15) is 43.0 Å². The molecule has 0 aliphatic heterocycles. The molecule has 38 heavy (non-hydrogen) atoms. The normalized spacial score (nSPS) is 17.2. The van der Waals surface area contributed by atoms with E-state index >= 15 is 0 Å². The molecule has 1 unspecified atom stereocenters. The third kappa shape index (κ3) is 6.97. The van der Waals surface area contributed by atoms with Crippen LogP contribution in [-0.2, 0) is 4.79 Å². The van der Waals surface area contributed by atoms with Gasteiger partial charge in [0.2, 0.25) is 17.9 Å². The number of anilines is 1. The molecule has 3 atom stereocenters. The first-order chi connectivity index (χ1) is 17.5. The Labute approximate surface area is 227 Å². The summed E-state index contributed by atoms with van der Waals surface area (Å²) in [7, 11) is 0. The number of carboxylic acids is 1. The van der Waals surface area contributed by atoms with E-state index in [0.717, 1.165) is 5.57 Å². The van der Waals surface area contributed by atoms with Crippen molar-refractivity contribution in [3.05, 3.63) is 65.2 Å². The zero-order valence-corrected chi connectivity index (χ0v) is 21.4. The Hall–Kier alpha value is -3.28. The van der Waals surface area contributed by atoms with Crippen LogP contribution in [0.15, 0.2) is 53.4 Å². The molecule has 1 aliphatic carbocycles. The summed E-state index contributed by atoms with van der Waals surface area (Å²) in [5, 5.41) is 9.27. The van der Waals surface area contributed by atoms with Gasteiger partial charge in [-0.2, -0.15) is 18.2 Å². The average Bonchev–Trinajstić information content (AvgIpc) is 3.37. The lowest BCUT2D eigenvalue weighted by molar-refractivity contribution is -0.198. The second-order valence-electron chi connectivity index (χ2n) is 8.78. The molecular weight excluding hydrogens is 548 g/mol. The molecule has 5 N–H and O–H groups in total. The fourth-order valence-corrected chi connectivity index (χ4v) is 4.49. The Morgan fingerprint density at radius 1 is 1.26 bits per heavy atom. The van der Waals surface area contributed by atoms with E-state index < -0.39 is 24.3 Å². The molecule has 1 aliphatic rings.